The lowest BCUT2D eigenvalue weighted by Crippen LogP contribution is -1.89. The summed E-state index contributed by atoms with van der Waals surface area (Å²) in [6.07, 6.45) is 11.1. The van der Waals surface area contributed by atoms with Crippen LogP contribution in [0.4, 0.5) is 0 Å². The standard InChI is InChI=1S/C12H24O/c1-2-3-4-5-6-7-8-11-9-12(11)10-13/h11-13H,2-10H2,1H3/t11-,12+/m0/s1. The number of aliphatic hydroxyl groups is 1. The third kappa shape index (κ3) is 4.66. The molecule has 0 aromatic heterocycles. The van der Waals surface area contributed by atoms with Crippen LogP contribution in [-0.2, 0) is 0 Å². The summed E-state index contributed by atoms with van der Waals surface area (Å²) in [6, 6.07) is 0. The average Bonchev–Trinajstić information content (AvgIpc) is 2.90. The molecule has 0 saturated heterocycles. The molecule has 0 aromatic carbocycles. The molecule has 0 aliphatic heterocycles. The van der Waals surface area contributed by atoms with Gasteiger partial charge in [0, 0.05) is 6.61 Å². The molecule has 0 amide bonds. The van der Waals surface area contributed by atoms with Gasteiger partial charge in [0.2, 0.25) is 0 Å². The highest BCUT2D eigenvalue weighted by molar-refractivity contribution is 4.84. The number of unbranched alkanes of at least 4 members (excludes halogenated alkanes) is 5. The van der Waals surface area contributed by atoms with Gasteiger partial charge >= 0.3 is 0 Å². The molecule has 0 heterocycles. The van der Waals surface area contributed by atoms with Gasteiger partial charge in [-0.25, -0.2) is 0 Å². The van der Waals surface area contributed by atoms with Gasteiger partial charge in [0.05, 0.1) is 0 Å². The fraction of sp³-hybridized carbons (Fsp3) is 1.00. The second-order valence-corrected chi connectivity index (χ2v) is 4.49. The fourth-order valence-corrected chi connectivity index (χ4v) is 2.07. The van der Waals surface area contributed by atoms with Gasteiger partial charge in [-0.2, -0.15) is 0 Å². The Morgan fingerprint density at radius 1 is 1.00 bits per heavy atom. The average molecular weight is 184 g/mol. The lowest BCUT2D eigenvalue weighted by atomic mass is 10.1. The molecule has 0 unspecified atom stereocenters. The summed E-state index contributed by atoms with van der Waals surface area (Å²) < 4.78 is 0. The zero-order valence-corrected chi connectivity index (χ0v) is 8.97. The Morgan fingerprint density at radius 3 is 2.31 bits per heavy atom. The molecule has 2 atom stereocenters. The predicted octanol–water partition coefficient (Wildman–Crippen LogP) is 3.37. The minimum Gasteiger partial charge on any atom is -0.396 e. The molecule has 1 fully saturated rings. The molecular weight excluding hydrogens is 160 g/mol. The number of aliphatic hydroxyl groups excluding tert-OH is 1. The van der Waals surface area contributed by atoms with E-state index < -0.39 is 0 Å². The topological polar surface area (TPSA) is 20.2 Å². The van der Waals surface area contributed by atoms with Gasteiger partial charge in [-0.1, -0.05) is 51.9 Å². The van der Waals surface area contributed by atoms with Gasteiger partial charge < -0.3 is 5.11 Å². The quantitative estimate of drug-likeness (QED) is 0.573. The summed E-state index contributed by atoms with van der Waals surface area (Å²) in [5.74, 6) is 1.56. The van der Waals surface area contributed by atoms with Crippen molar-refractivity contribution >= 4 is 0 Å². The summed E-state index contributed by atoms with van der Waals surface area (Å²) in [5, 5.41) is 8.85. The summed E-state index contributed by atoms with van der Waals surface area (Å²) in [7, 11) is 0. The molecule has 1 aliphatic carbocycles. The van der Waals surface area contributed by atoms with Crippen molar-refractivity contribution in [2.24, 2.45) is 11.8 Å². The summed E-state index contributed by atoms with van der Waals surface area (Å²) in [5.41, 5.74) is 0. The van der Waals surface area contributed by atoms with E-state index >= 15 is 0 Å². The van der Waals surface area contributed by atoms with E-state index in [0.29, 0.717) is 12.5 Å². The minimum atomic E-state index is 0.431. The van der Waals surface area contributed by atoms with Crippen molar-refractivity contribution in [3.05, 3.63) is 0 Å². The first-order chi connectivity index (χ1) is 6.38. The molecule has 78 valence electrons. The van der Waals surface area contributed by atoms with Gasteiger partial charge in [0.25, 0.3) is 0 Å². The molecular formula is C12H24O. The van der Waals surface area contributed by atoms with Gasteiger partial charge in [0.1, 0.15) is 0 Å². The van der Waals surface area contributed by atoms with Crippen molar-refractivity contribution in [1.29, 1.82) is 0 Å². The molecule has 1 aliphatic rings. The van der Waals surface area contributed by atoms with Crippen molar-refractivity contribution in [3.63, 3.8) is 0 Å². The van der Waals surface area contributed by atoms with Crippen molar-refractivity contribution in [2.45, 2.75) is 58.3 Å². The molecule has 1 rings (SSSR count). The van der Waals surface area contributed by atoms with Crippen molar-refractivity contribution in [1.82, 2.24) is 0 Å². The van der Waals surface area contributed by atoms with Crippen LogP contribution in [0, 0.1) is 11.8 Å². The Balaban J connectivity index is 1.75. The Labute approximate surface area is 82.5 Å². The highest BCUT2D eigenvalue weighted by Gasteiger charge is 2.34. The second-order valence-electron chi connectivity index (χ2n) is 4.49. The monoisotopic (exact) mass is 184 g/mol. The smallest absolute Gasteiger partial charge is 0.0462 e. The van der Waals surface area contributed by atoms with E-state index in [0.717, 1.165) is 5.92 Å². The zero-order valence-electron chi connectivity index (χ0n) is 8.97. The maximum absolute atomic E-state index is 8.85. The molecule has 1 N–H and O–H groups in total. The summed E-state index contributed by atoms with van der Waals surface area (Å²) >= 11 is 0. The summed E-state index contributed by atoms with van der Waals surface area (Å²) in [6.45, 7) is 2.69. The Morgan fingerprint density at radius 2 is 1.69 bits per heavy atom. The van der Waals surface area contributed by atoms with Crippen LogP contribution in [0.1, 0.15) is 58.3 Å². The number of hydrogen-bond donors (Lipinski definition) is 1. The van der Waals surface area contributed by atoms with Gasteiger partial charge in [-0.3, -0.25) is 0 Å². The van der Waals surface area contributed by atoms with Crippen LogP contribution in [0.25, 0.3) is 0 Å². The van der Waals surface area contributed by atoms with Crippen molar-refractivity contribution < 1.29 is 5.11 Å². The van der Waals surface area contributed by atoms with Crippen LogP contribution in [0.3, 0.4) is 0 Å². The molecule has 1 heteroatoms. The van der Waals surface area contributed by atoms with Gasteiger partial charge in [-0.15, -0.1) is 0 Å². The van der Waals surface area contributed by atoms with E-state index in [1.807, 2.05) is 0 Å². The van der Waals surface area contributed by atoms with E-state index in [1.54, 1.807) is 0 Å². The van der Waals surface area contributed by atoms with Crippen LogP contribution in [-0.4, -0.2) is 11.7 Å². The van der Waals surface area contributed by atoms with E-state index in [1.165, 1.54) is 51.4 Å². The first kappa shape index (κ1) is 11.0. The minimum absolute atomic E-state index is 0.431. The molecule has 13 heavy (non-hydrogen) atoms. The Hall–Kier alpha value is -0.0400. The predicted molar refractivity (Wildman–Crippen MR) is 56.7 cm³/mol. The molecule has 1 saturated carbocycles. The van der Waals surface area contributed by atoms with E-state index in [2.05, 4.69) is 6.92 Å². The largest absolute Gasteiger partial charge is 0.396 e. The summed E-state index contributed by atoms with van der Waals surface area (Å²) in [4.78, 5) is 0. The van der Waals surface area contributed by atoms with Crippen LogP contribution >= 0.6 is 0 Å². The lowest BCUT2D eigenvalue weighted by Gasteiger charge is -1.99. The Kier molecular flexibility index (Phi) is 5.45. The van der Waals surface area contributed by atoms with E-state index in [4.69, 9.17) is 5.11 Å². The van der Waals surface area contributed by atoms with Crippen molar-refractivity contribution in [2.75, 3.05) is 6.61 Å². The number of hydrogen-bond acceptors (Lipinski definition) is 1. The van der Waals surface area contributed by atoms with Crippen LogP contribution in [0.2, 0.25) is 0 Å². The SMILES string of the molecule is CCCCCCCC[C@H]1C[C@@H]1CO. The van der Waals surface area contributed by atoms with Crippen LogP contribution in [0.15, 0.2) is 0 Å². The Bertz CT molecular complexity index is 122. The van der Waals surface area contributed by atoms with Gasteiger partial charge in [-0.05, 0) is 18.3 Å². The zero-order chi connectivity index (χ0) is 9.52. The third-order valence-corrected chi connectivity index (χ3v) is 3.23. The van der Waals surface area contributed by atoms with Gasteiger partial charge in [0.15, 0.2) is 0 Å². The second kappa shape index (κ2) is 6.42. The third-order valence-electron chi connectivity index (χ3n) is 3.23. The molecule has 0 bridgehead atoms. The highest BCUT2D eigenvalue weighted by Crippen LogP contribution is 2.41. The van der Waals surface area contributed by atoms with E-state index in [-0.39, 0.29) is 0 Å². The fourth-order valence-electron chi connectivity index (χ4n) is 2.07. The maximum atomic E-state index is 8.85. The first-order valence-corrected chi connectivity index (χ1v) is 5.99. The maximum Gasteiger partial charge on any atom is 0.0462 e. The van der Waals surface area contributed by atoms with E-state index in [9.17, 15) is 0 Å². The van der Waals surface area contributed by atoms with Crippen LogP contribution in [0.5, 0.6) is 0 Å². The molecule has 0 aromatic rings. The molecule has 0 spiro atoms. The van der Waals surface area contributed by atoms with Crippen molar-refractivity contribution in [3.8, 4) is 0 Å². The number of rotatable bonds is 8. The lowest BCUT2D eigenvalue weighted by molar-refractivity contribution is 0.267. The molecule has 0 radical (unpaired) electrons. The highest BCUT2D eigenvalue weighted by atomic mass is 16.3. The normalized spacial score (nSPS) is 26.3. The first-order valence-electron chi connectivity index (χ1n) is 5.99. The van der Waals surface area contributed by atoms with Crippen LogP contribution < -0.4 is 0 Å². The molecule has 1 nitrogen and oxygen atoms in total.